The molecule has 3 aromatic rings. The highest BCUT2D eigenvalue weighted by Crippen LogP contribution is 2.16. The molecule has 0 saturated heterocycles. The first-order valence-electron chi connectivity index (χ1n) is 6.54. The van der Waals surface area contributed by atoms with Crippen molar-refractivity contribution in [2.24, 2.45) is 5.73 Å². The molecule has 6 nitrogen and oxygen atoms in total. The monoisotopic (exact) mass is 287 g/mol. The molecule has 0 aliphatic heterocycles. The van der Waals surface area contributed by atoms with Gasteiger partial charge in [-0.15, -0.1) is 0 Å². The summed E-state index contributed by atoms with van der Waals surface area (Å²) in [5, 5.41) is 3.89. The topological polar surface area (TPSA) is 82.8 Å². The smallest absolute Gasteiger partial charge is 0.278 e. The van der Waals surface area contributed by atoms with Crippen LogP contribution in [0.4, 0.5) is 4.39 Å². The molecule has 0 atom stereocenters. The van der Waals surface area contributed by atoms with E-state index in [1.54, 1.807) is 18.6 Å². The van der Waals surface area contributed by atoms with Gasteiger partial charge in [0, 0.05) is 25.7 Å². The van der Waals surface area contributed by atoms with E-state index in [0.29, 0.717) is 36.9 Å². The summed E-state index contributed by atoms with van der Waals surface area (Å²) in [4.78, 5) is 8.46. The number of hydrogen-bond acceptors (Lipinski definition) is 5. The third-order valence-corrected chi connectivity index (χ3v) is 2.96. The van der Waals surface area contributed by atoms with Crippen molar-refractivity contribution in [1.82, 2.24) is 19.7 Å². The molecule has 0 aliphatic rings. The third-order valence-electron chi connectivity index (χ3n) is 2.96. The fourth-order valence-corrected chi connectivity index (χ4v) is 2.00. The first kappa shape index (κ1) is 13.4. The number of nitrogens with zero attached hydrogens (tertiary/aromatic N) is 4. The molecule has 7 heteroatoms. The number of rotatable bonds is 5. The van der Waals surface area contributed by atoms with Crippen molar-refractivity contribution in [1.29, 1.82) is 0 Å². The molecule has 0 fully saturated rings. The van der Waals surface area contributed by atoms with Crippen molar-refractivity contribution in [3.05, 3.63) is 54.0 Å². The zero-order valence-electron chi connectivity index (χ0n) is 11.2. The Bertz CT molecular complexity index is 736. The zero-order chi connectivity index (χ0) is 14.7. The summed E-state index contributed by atoms with van der Waals surface area (Å²) >= 11 is 0. The van der Waals surface area contributed by atoms with Gasteiger partial charge in [0.1, 0.15) is 11.5 Å². The van der Waals surface area contributed by atoms with Gasteiger partial charge in [-0.2, -0.15) is 4.98 Å². The molecule has 0 unspecified atom stereocenters. The lowest BCUT2D eigenvalue weighted by Crippen LogP contribution is -2.07. The molecule has 108 valence electrons. The van der Waals surface area contributed by atoms with Crippen LogP contribution in [0.15, 0.2) is 41.3 Å². The number of benzene rings is 1. The molecule has 0 aliphatic carbocycles. The summed E-state index contributed by atoms with van der Waals surface area (Å²) in [5.74, 6) is 0.554. The van der Waals surface area contributed by atoms with Crippen LogP contribution in [0.3, 0.4) is 0 Å². The van der Waals surface area contributed by atoms with E-state index in [0.717, 1.165) is 5.56 Å². The summed E-state index contributed by atoms with van der Waals surface area (Å²) < 4.78 is 20.2. The van der Waals surface area contributed by atoms with Crippen molar-refractivity contribution in [2.45, 2.75) is 13.0 Å². The second kappa shape index (κ2) is 5.84. The van der Waals surface area contributed by atoms with E-state index in [1.807, 2.05) is 10.6 Å². The molecule has 2 heterocycles. The molecule has 3 rings (SSSR count). The van der Waals surface area contributed by atoms with Crippen molar-refractivity contribution < 1.29 is 8.91 Å². The molecule has 0 bridgehead atoms. The van der Waals surface area contributed by atoms with E-state index in [-0.39, 0.29) is 5.82 Å². The summed E-state index contributed by atoms with van der Waals surface area (Å²) in [7, 11) is 0. The number of halogens is 1. The summed E-state index contributed by atoms with van der Waals surface area (Å²) in [5.41, 5.74) is 6.87. The molecule has 21 heavy (non-hydrogen) atoms. The molecule has 0 saturated carbocycles. The molecule has 2 aromatic heterocycles. The van der Waals surface area contributed by atoms with E-state index in [1.165, 1.54) is 12.1 Å². The third kappa shape index (κ3) is 3.14. The predicted molar refractivity (Wildman–Crippen MR) is 73.8 cm³/mol. The minimum atomic E-state index is -0.281. The number of hydrogen-bond donors (Lipinski definition) is 1. The Labute approximate surface area is 120 Å². The van der Waals surface area contributed by atoms with E-state index in [2.05, 4.69) is 15.1 Å². The van der Waals surface area contributed by atoms with Crippen molar-refractivity contribution in [2.75, 3.05) is 6.54 Å². The number of imidazole rings is 1. The van der Waals surface area contributed by atoms with Crippen molar-refractivity contribution in [3.8, 4) is 11.6 Å². The fraction of sp³-hybridized carbons (Fsp3) is 0.214. The lowest BCUT2D eigenvalue weighted by molar-refractivity contribution is 0.422. The Morgan fingerprint density at radius 3 is 3.05 bits per heavy atom. The van der Waals surface area contributed by atoms with E-state index in [9.17, 15) is 4.39 Å². The zero-order valence-corrected chi connectivity index (χ0v) is 11.2. The van der Waals surface area contributed by atoms with Gasteiger partial charge in [0.15, 0.2) is 5.82 Å². The van der Waals surface area contributed by atoms with Crippen LogP contribution in [0, 0.1) is 5.82 Å². The predicted octanol–water partition coefficient (Wildman–Crippen LogP) is 1.62. The van der Waals surface area contributed by atoms with Gasteiger partial charge >= 0.3 is 0 Å². The highest BCUT2D eigenvalue weighted by molar-refractivity contribution is 5.44. The van der Waals surface area contributed by atoms with E-state index < -0.39 is 0 Å². The average Bonchev–Trinajstić information content (AvgIpc) is 3.08. The van der Waals surface area contributed by atoms with E-state index >= 15 is 0 Å². The fourth-order valence-electron chi connectivity index (χ4n) is 2.00. The van der Waals surface area contributed by atoms with Crippen LogP contribution >= 0.6 is 0 Å². The maximum Gasteiger partial charge on any atom is 0.278 e. The minimum Gasteiger partial charge on any atom is -0.335 e. The number of aromatic nitrogens is 4. The van der Waals surface area contributed by atoms with Gasteiger partial charge in [-0.05, 0) is 17.7 Å². The minimum absolute atomic E-state index is 0.281. The lowest BCUT2D eigenvalue weighted by atomic mass is 10.1. The van der Waals surface area contributed by atoms with Crippen LogP contribution in [-0.4, -0.2) is 26.2 Å². The Balaban J connectivity index is 1.76. The molecule has 0 spiro atoms. The van der Waals surface area contributed by atoms with Gasteiger partial charge < -0.3 is 14.8 Å². The molecule has 2 N–H and O–H groups in total. The van der Waals surface area contributed by atoms with Gasteiger partial charge in [0.2, 0.25) is 0 Å². The van der Waals surface area contributed by atoms with Crippen LogP contribution in [0.2, 0.25) is 0 Å². The van der Waals surface area contributed by atoms with Crippen LogP contribution in [0.25, 0.3) is 11.6 Å². The summed E-state index contributed by atoms with van der Waals surface area (Å²) in [6.07, 6.45) is 3.87. The van der Waals surface area contributed by atoms with Crippen molar-refractivity contribution >= 4 is 0 Å². The second-order valence-electron chi connectivity index (χ2n) is 4.61. The first-order valence-corrected chi connectivity index (χ1v) is 6.54. The summed E-state index contributed by atoms with van der Waals surface area (Å²) in [6, 6.07) is 6.32. The molecule has 0 radical (unpaired) electrons. The van der Waals surface area contributed by atoms with E-state index in [4.69, 9.17) is 10.3 Å². The van der Waals surface area contributed by atoms with Gasteiger partial charge in [-0.3, -0.25) is 0 Å². The van der Waals surface area contributed by atoms with Gasteiger partial charge in [-0.25, -0.2) is 9.37 Å². The lowest BCUT2D eigenvalue weighted by Gasteiger charge is -1.95. The maximum atomic E-state index is 13.1. The normalized spacial score (nSPS) is 11.0. The molecular formula is C14H14FN5O. The molecule has 1 aromatic carbocycles. The maximum absolute atomic E-state index is 13.1. The first-order chi connectivity index (χ1) is 10.2. The Hall–Kier alpha value is -2.54. The molecular weight excluding hydrogens is 273 g/mol. The Morgan fingerprint density at radius 1 is 1.33 bits per heavy atom. The SMILES string of the molecule is NCCn1cnc(-c2nc(Cc3cccc(F)c3)no2)c1. The largest absolute Gasteiger partial charge is 0.335 e. The highest BCUT2D eigenvalue weighted by atomic mass is 19.1. The van der Waals surface area contributed by atoms with Gasteiger partial charge in [-0.1, -0.05) is 17.3 Å². The Morgan fingerprint density at radius 2 is 2.24 bits per heavy atom. The average molecular weight is 287 g/mol. The molecule has 0 amide bonds. The van der Waals surface area contributed by atoms with Gasteiger partial charge in [0.25, 0.3) is 5.89 Å². The van der Waals surface area contributed by atoms with Crippen LogP contribution in [0.5, 0.6) is 0 Å². The standard InChI is InChI=1S/C14H14FN5O/c15-11-3-1-2-10(6-11)7-13-18-14(21-19-13)12-8-20(5-4-16)9-17-12/h1-3,6,8-9H,4-5,7,16H2. The van der Waals surface area contributed by atoms with Gasteiger partial charge in [0.05, 0.1) is 6.33 Å². The van der Waals surface area contributed by atoms with Crippen LogP contribution in [-0.2, 0) is 13.0 Å². The Kier molecular flexibility index (Phi) is 3.74. The van der Waals surface area contributed by atoms with Crippen molar-refractivity contribution in [3.63, 3.8) is 0 Å². The highest BCUT2D eigenvalue weighted by Gasteiger charge is 2.12. The van der Waals surface area contributed by atoms with Crippen LogP contribution < -0.4 is 5.73 Å². The quantitative estimate of drug-likeness (QED) is 0.771. The second-order valence-corrected chi connectivity index (χ2v) is 4.61. The summed E-state index contributed by atoms with van der Waals surface area (Å²) in [6.45, 7) is 1.21. The number of nitrogens with two attached hydrogens (primary N) is 1. The van der Waals surface area contributed by atoms with Crippen LogP contribution in [0.1, 0.15) is 11.4 Å².